The summed E-state index contributed by atoms with van der Waals surface area (Å²) >= 11 is 1.87. The minimum absolute atomic E-state index is 0.0641. The first-order valence-corrected chi connectivity index (χ1v) is 6.45. The molecule has 3 nitrogen and oxygen atoms in total. The molecule has 0 aromatic heterocycles. The molecule has 1 aliphatic rings. The SMILES string of the molecule is CNCC(=O)NC1CCSc2ccccc21. The van der Waals surface area contributed by atoms with Crippen molar-refractivity contribution in [3.8, 4) is 0 Å². The van der Waals surface area contributed by atoms with Gasteiger partial charge in [0.2, 0.25) is 5.91 Å². The van der Waals surface area contributed by atoms with E-state index in [1.807, 2.05) is 23.9 Å². The highest BCUT2D eigenvalue weighted by Gasteiger charge is 2.21. The lowest BCUT2D eigenvalue weighted by Crippen LogP contribution is -2.36. The van der Waals surface area contributed by atoms with Crippen molar-refractivity contribution in [3.05, 3.63) is 29.8 Å². The summed E-state index contributed by atoms with van der Waals surface area (Å²) in [4.78, 5) is 12.8. The van der Waals surface area contributed by atoms with Gasteiger partial charge >= 0.3 is 0 Å². The van der Waals surface area contributed by atoms with E-state index in [2.05, 4.69) is 22.8 Å². The molecule has 1 unspecified atom stereocenters. The van der Waals surface area contributed by atoms with Crippen LogP contribution in [0.4, 0.5) is 0 Å². The van der Waals surface area contributed by atoms with Crippen LogP contribution in [0.1, 0.15) is 18.0 Å². The second kappa shape index (κ2) is 5.37. The fourth-order valence-corrected chi connectivity index (χ4v) is 3.02. The highest BCUT2D eigenvalue weighted by molar-refractivity contribution is 7.99. The van der Waals surface area contributed by atoms with Gasteiger partial charge in [-0.15, -0.1) is 11.8 Å². The number of hydrogen-bond acceptors (Lipinski definition) is 3. The number of benzene rings is 1. The number of amides is 1. The highest BCUT2D eigenvalue weighted by Crippen LogP contribution is 2.35. The van der Waals surface area contributed by atoms with Gasteiger partial charge in [-0.3, -0.25) is 4.79 Å². The summed E-state index contributed by atoms with van der Waals surface area (Å²) in [5.74, 6) is 1.14. The first kappa shape index (κ1) is 11.5. The quantitative estimate of drug-likeness (QED) is 0.837. The van der Waals surface area contributed by atoms with E-state index in [1.165, 1.54) is 10.5 Å². The Balaban J connectivity index is 2.10. The largest absolute Gasteiger partial charge is 0.348 e. The van der Waals surface area contributed by atoms with Crippen molar-refractivity contribution in [3.63, 3.8) is 0 Å². The van der Waals surface area contributed by atoms with Crippen LogP contribution in [0, 0.1) is 0 Å². The van der Waals surface area contributed by atoms with Crippen LogP contribution in [0.5, 0.6) is 0 Å². The second-order valence-corrected chi connectivity index (χ2v) is 4.96. The van der Waals surface area contributed by atoms with E-state index in [-0.39, 0.29) is 11.9 Å². The molecule has 1 heterocycles. The van der Waals surface area contributed by atoms with Gasteiger partial charge in [-0.05, 0) is 25.1 Å². The van der Waals surface area contributed by atoms with Gasteiger partial charge in [0, 0.05) is 10.6 Å². The molecule has 0 fully saturated rings. The van der Waals surface area contributed by atoms with Gasteiger partial charge in [-0.25, -0.2) is 0 Å². The molecule has 0 aliphatic carbocycles. The van der Waals surface area contributed by atoms with Gasteiger partial charge in [-0.2, -0.15) is 0 Å². The average Bonchev–Trinajstić information content (AvgIpc) is 2.30. The van der Waals surface area contributed by atoms with E-state index in [9.17, 15) is 4.79 Å². The number of fused-ring (bicyclic) bond motifs is 1. The van der Waals surface area contributed by atoms with Gasteiger partial charge in [0.05, 0.1) is 12.6 Å². The van der Waals surface area contributed by atoms with Crippen molar-refractivity contribution < 1.29 is 4.79 Å². The smallest absolute Gasteiger partial charge is 0.234 e. The summed E-state index contributed by atoms with van der Waals surface area (Å²) in [5, 5.41) is 5.92. The zero-order valence-electron chi connectivity index (χ0n) is 9.32. The maximum Gasteiger partial charge on any atom is 0.234 e. The van der Waals surface area contributed by atoms with Gasteiger partial charge in [0.15, 0.2) is 0 Å². The lowest BCUT2D eigenvalue weighted by molar-refractivity contribution is -0.120. The molecule has 1 aromatic carbocycles. The molecule has 0 saturated carbocycles. The summed E-state index contributed by atoms with van der Waals surface area (Å²) in [6.07, 6.45) is 1.01. The maximum absolute atomic E-state index is 11.5. The van der Waals surface area contributed by atoms with E-state index < -0.39 is 0 Å². The van der Waals surface area contributed by atoms with Gasteiger partial charge < -0.3 is 10.6 Å². The number of hydrogen-bond donors (Lipinski definition) is 2. The number of likely N-dealkylation sites (N-methyl/N-ethyl adjacent to an activating group) is 1. The van der Waals surface area contributed by atoms with E-state index >= 15 is 0 Å². The third kappa shape index (κ3) is 2.57. The van der Waals surface area contributed by atoms with Crippen LogP contribution in [0.3, 0.4) is 0 Å². The van der Waals surface area contributed by atoms with Crippen LogP contribution in [0.2, 0.25) is 0 Å². The number of carbonyl (C=O) groups is 1. The fraction of sp³-hybridized carbons (Fsp3) is 0.417. The monoisotopic (exact) mass is 236 g/mol. The Hall–Kier alpha value is -1.00. The Morgan fingerprint density at radius 3 is 3.12 bits per heavy atom. The molecule has 1 aliphatic heterocycles. The molecule has 1 aromatic rings. The highest BCUT2D eigenvalue weighted by atomic mass is 32.2. The van der Waals surface area contributed by atoms with Crippen molar-refractivity contribution in [2.24, 2.45) is 0 Å². The topological polar surface area (TPSA) is 41.1 Å². The summed E-state index contributed by atoms with van der Waals surface area (Å²) in [6, 6.07) is 8.48. The Morgan fingerprint density at radius 1 is 1.50 bits per heavy atom. The molecule has 2 N–H and O–H groups in total. The molecule has 2 rings (SSSR count). The van der Waals surface area contributed by atoms with E-state index in [0.29, 0.717) is 6.54 Å². The molecule has 1 amide bonds. The third-order valence-corrected chi connectivity index (χ3v) is 3.75. The zero-order valence-corrected chi connectivity index (χ0v) is 10.1. The lowest BCUT2D eigenvalue weighted by atomic mass is 10.0. The Labute approximate surface area is 100.0 Å². The van der Waals surface area contributed by atoms with Crippen LogP contribution < -0.4 is 10.6 Å². The summed E-state index contributed by atoms with van der Waals surface area (Å²) in [5.41, 5.74) is 1.25. The number of nitrogens with one attached hydrogen (secondary N) is 2. The second-order valence-electron chi connectivity index (χ2n) is 3.83. The van der Waals surface area contributed by atoms with Crippen molar-refractivity contribution >= 4 is 17.7 Å². The first-order valence-electron chi connectivity index (χ1n) is 5.47. The number of carbonyl (C=O) groups excluding carboxylic acids is 1. The van der Waals surface area contributed by atoms with Crippen molar-refractivity contribution in [1.82, 2.24) is 10.6 Å². The molecule has 4 heteroatoms. The van der Waals surface area contributed by atoms with Gasteiger partial charge in [0.25, 0.3) is 0 Å². The predicted molar refractivity (Wildman–Crippen MR) is 66.6 cm³/mol. The molecule has 0 saturated heterocycles. The van der Waals surface area contributed by atoms with Crippen LogP contribution in [0.25, 0.3) is 0 Å². The Bertz CT molecular complexity index is 381. The minimum Gasteiger partial charge on any atom is -0.348 e. The van der Waals surface area contributed by atoms with Gasteiger partial charge in [0.1, 0.15) is 0 Å². The van der Waals surface area contributed by atoms with Gasteiger partial charge in [-0.1, -0.05) is 18.2 Å². The molecule has 16 heavy (non-hydrogen) atoms. The molecular weight excluding hydrogens is 220 g/mol. The average molecular weight is 236 g/mol. The minimum atomic E-state index is 0.0641. The first-order chi connectivity index (χ1) is 7.81. The van der Waals surface area contributed by atoms with Crippen molar-refractivity contribution in [1.29, 1.82) is 0 Å². The van der Waals surface area contributed by atoms with Crippen molar-refractivity contribution in [2.75, 3.05) is 19.3 Å². The normalized spacial score (nSPS) is 18.9. The summed E-state index contributed by atoms with van der Waals surface area (Å²) < 4.78 is 0. The van der Waals surface area contributed by atoms with Crippen molar-refractivity contribution in [2.45, 2.75) is 17.4 Å². The van der Waals surface area contributed by atoms with Crippen LogP contribution >= 0.6 is 11.8 Å². The molecule has 0 bridgehead atoms. The number of rotatable bonds is 3. The third-order valence-electron chi connectivity index (χ3n) is 2.63. The lowest BCUT2D eigenvalue weighted by Gasteiger charge is -2.25. The van der Waals surface area contributed by atoms with Crippen LogP contribution in [0.15, 0.2) is 29.2 Å². The molecule has 1 atom stereocenters. The van der Waals surface area contributed by atoms with E-state index in [0.717, 1.165) is 12.2 Å². The molecule has 0 spiro atoms. The fourth-order valence-electron chi connectivity index (χ4n) is 1.90. The summed E-state index contributed by atoms with van der Waals surface area (Å²) in [6.45, 7) is 0.381. The van der Waals surface area contributed by atoms with E-state index in [4.69, 9.17) is 0 Å². The predicted octanol–water partition coefficient (Wildman–Crippen LogP) is 1.56. The number of thioether (sulfide) groups is 1. The Kier molecular flexibility index (Phi) is 3.85. The molecule has 0 radical (unpaired) electrons. The van der Waals surface area contributed by atoms with E-state index in [1.54, 1.807) is 7.05 Å². The summed E-state index contributed by atoms with van der Waals surface area (Å²) in [7, 11) is 1.78. The maximum atomic E-state index is 11.5. The molecule has 86 valence electrons. The van der Waals surface area contributed by atoms with Crippen LogP contribution in [-0.2, 0) is 4.79 Å². The standard InChI is InChI=1S/C12H16N2OS/c1-13-8-12(15)14-10-6-7-16-11-5-3-2-4-9(10)11/h2-5,10,13H,6-8H2,1H3,(H,14,15). The van der Waals surface area contributed by atoms with Crippen LogP contribution in [-0.4, -0.2) is 25.3 Å². The zero-order chi connectivity index (χ0) is 11.4. The Morgan fingerprint density at radius 2 is 2.31 bits per heavy atom. The molecular formula is C12H16N2OS.